The first-order chi connectivity index (χ1) is 10.2. The summed E-state index contributed by atoms with van der Waals surface area (Å²) in [6.07, 6.45) is 4.93. The molecule has 4 heteroatoms. The number of hydrogen-bond donors (Lipinski definition) is 1. The Balaban J connectivity index is 1.97. The van der Waals surface area contributed by atoms with Crippen molar-refractivity contribution in [2.24, 2.45) is 0 Å². The third kappa shape index (κ3) is 4.33. The SMILES string of the molecule is CCCNC(C)c1cccc(OCc2nccn2CC)c1. The van der Waals surface area contributed by atoms with Gasteiger partial charge in [0.05, 0.1) is 0 Å². The Morgan fingerprint density at radius 1 is 1.33 bits per heavy atom. The molecule has 4 nitrogen and oxygen atoms in total. The van der Waals surface area contributed by atoms with E-state index in [9.17, 15) is 0 Å². The molecule has 0 amide bonds. The number of nitrogens with one attached hydrogen (secondary N) is 1. The van der Waals surface area contributed by atoms with Gasteiger partial charge in [0.15, 0.2) is 0 Å². The highest BCUT2D eigenvalue weighted by molar-refractivity contribution is 5.30. The van der Waals surface area contributed by atoms with Gasteiger partial charge in [0.1, 0.15) is 18.2 Å². The minimum Gasteiger partial charge on any atom is -0.486 e. The van der Waals surface area contributed by atoms with Crippen molar-refractivity contribution in [2.75, 3.05) is 6.54 Å². The van der Waals surface area contributed by atoms with Gasteiger partial charge in [-0.3, -0.25) is 0 Å². The van der Waals surface area contributed by atoms with Crippen LogP contribution in [0.4, 0.5) is 0 Å². The number of ether oxygens (including phenoxy) is 1. The summed E-state index contributed by atoms with van der Waals surface area (Å²) >= 11 is 0. The second kappa shape index (κ2) is 7.84. The average molecular weight is 287 g/mol. The Morgan fingerprint density at radius 3 is 2.95 bits per heavy atom. The van der Waals surface area contributed by atoms with Crippen LogP contribution in [0.15, 0.2) is 36.7 Å². The zero-order valence-corrected chi connectivity index (χ0v) is 13.2. The number of aromatic nitrogens is 2. The summed E-state index contributed by atoms with van der Waals surface area (Å²) in [7, 11) is 0. The summed E-state index contributed by atoms with van der Waals surface area (Å²) in [5.41, 5.74) is 1.25. The third-order valence-electron chi connectivity index (χ3n) is 3.57. The molecule has 1 N–H and O–H groups in total. The number of nitrogens with zero attached hydrogens (tertiary/aromatic N) is 2. The van der Waals surface area contributed by atoms with Crippen LogP contribution in [-0.4, -0.2) is 16.1 Å². The Bertz CT molecular complexity index is 550. The number of rotatable bonds is 8. The van der Waals surface area contributed by atoms with E-state index in [2.05, 4.69) is 47.8 Å². The van der Waals surface area contributed by atoms with Crippen molar-refractivity contribution in [1.82, 2.24) is 14.9 Å². The average Bonchev–Trinajstić information content (AvgIpc) is 2.98. The predicted octanol–water partition coefficient (Wildman–Crippen LogP) is 3.54. The summed E-state index contributed by atoms with van der Waals surface area (Å²) < 4.78 is 7.97. The maximum absolute atomic E-state index is 5.88. The van der Waals surface area contributed by atoms with E-state index in [1.807, 2.05) is 24.5 Å². The van der Waals surface area contributed by atoms with Crippen molar-refractivity contribution in [3.63, 3.8) is 0 Å². The maximum atomic E-state index is 5.88. The van der Waals surface area contributed by atoms with Gasteiger partial charge in [-0.05, 0) is 44.5 Å². The number of benzene rings is 1. The van der Waals surface area contributed by atoms with Gasteiger partial charge < -0.3 is 14.6 Å². The van der Waals surface area contributed by atoms with Gasteiger partial charge in [0.2, 0.25) is 0 Å². The molecule has 0 spiro atoms. The van der Waals surface area contributed by atoms with Gasteiger partial charge in [-0.25, -0.2) is 4.98 Å². The molecule has 0 aliphatic heterocycles. The third-order valence-corrected chi connectivity index (χ3v) is 3.57. The van der Waals surface area contributed by atoms with Gasteiger partial charge in [-0.15, -0.1) is 0 Å². The number of hydrogen-bond acceptors (Lipinski definition) is 3. The standard InChI is InChI=1S/C17H25N3O/c1-4-9-18-14(3)15-7-6-8-16(12-15)21-13-17-19-10-11-20(17)5-2/h6-8,10-12,14,18H,4-5,9,13H2,1-3H3. The molecular weight excluding hydrogens is 262 g/mol. The van der Waals surface area contributed by atoms with Crippen LogP contribution in [-0.2, 0) is 13.2 Å². The molecule has 0 aliphatic rings. The molecule has 0 radical (unpaired) electrons. The molecule has 1 aromatic carbocycles. The highest BCUT2D eigenvalue weighted by Crippen LogP contribution is 2.20. The summed E-state index contributed by atoms with van der Waals surface area (Å²) in [4.78, 5) is 4.33. The van der Waals surface area contributed by atoms with Crippen molar-refractivity contribution in [1.29, 1.82) is 0 Å². The maximum Gasteiger partial charge on any atom is 0.146 e. The quantitative estimate of drug-likeness (QED) is 0.807. The molecule has 0 bridgehead atoms. The van der Waals surface area contributed by atoms with Crippen LogP contribution in [0.5, 0.6) is 5.75 Å². The molecule has 21 heavy (non-hydrogen) atoms. The highest BCUT2D eigenvalue weighted by Gasteiger charge is 2.06. The Labute approximate surface area is 127 Å². The van der Waals surface area contributed by atoms with Crippen molar-refractivity contribution in [3.05, 3.63) is 48.0 Å². The molecule has 1 unspecified atom stereocenters. The second-order valence-electron chi connectivity index (χ2n) is 5.17. The first kappa shape index (κ1) is 15.6. The van der Waals surface area contributed by atoms with Gasteiger partial charge >= 0.3 is 0 Å². The Morgan fingerprint density at radius 2 is 2.19 bits per heavy atom. The van der Waals surface area contributed by atoms with Crippen LogP contribution >= 0.6 is 0 Å². The molecule has 1 heterocycles. The summed E-state index contributed by atoms with van der Waals surface area (Å²) in [6.45, 7) is 8.90. The van der Waals surface area contributed by atoms with Gasteiger partial charge in [0, 0.05) is 25.0 Å². The van der Waals surface area contributed by atoms with E-state index in [4.69, 9.17) is 4.74 Å². The molecule has 0 fully saturated rings. The molecule has 2 aromatic rings. The Kier molecular flexibility index (Phi) is 5.81. The molecule has 1 aromatic heterocycles. The number of imidazole rings is 1. The minimum atomic E-state index is 0.339. The largest absolute Gasteiger partial charge is 0.486 e. The summed E-state index contributed by atoms with van der Waals surface area (Å²) in [6, 6.07) is 8.61. The van der Waals surface area contributed by atoms with E-state index >= 15 is 0 Å². The van der Waals surface area contributed by atoms with E-state index < -0.39 is 0 Å². The second-order valence-corrected chi connectivity index (χ2v) is 5.17. The molecule has 0 aliphatic carbocycles. The molecule has 0 saturated carbocycles. The van der Waals surface area contributed by atoms with E-state index in [1.165, 1.54) is 5.56 Å². The van der Waals surface area contributed by atoms with Gasteiger partial charge in [0.25, 0.3) is 0 Å². The fourth-order valence-electron chi connectivity index (χ4n) is 2.27. The van der Waals surface area contributed by atoms with Crippen LogP contribution in [0.25, 0.3) is 0 Å². The van der Waals surface area contributed by atoms with E-state index in [0.29, 0.717) is 12.6 Å². The lowest BCUT2D eigenvalue weighted by molar-refractivity contribution is 0.289. The van der Waals surface area contributed by atoms with E-state index in [-0.39, 0.29) is 0 Å². The number of aryl methyl sites for hydroxylation is 1. The van der Waals surface area contributed by atoms with Crippen LogP contribution in [0.3, 0.4) is 0 Å². The highest BCUT2D eigenvalue weighted by atomic mass is 16.5. The molecule has 0 saturated heterocycles. The predicted molar refractivity (Wildman–Crippen MR) is 85.4 cm³/mol. The first-order valence-electron chi connectivity index (χ1n) is 7.70. The van der Waals surface area contributed by atoms with Gasteiger partial charge in [-0.1, -0.05) is 19.1 Å². The topological polar surface area (TPSA) is 39.1 Å². The van der Waals surface area contributed by atoms with Crippen LogP contribution < -0.4 is 10.1 Å². The summed E-state index contributed by atoms with van der Waals surface area (Å²) in [5.74, 6) is 1.85. The minimum absolute atomic E-state index is 0.339. The van der Waals surface area contributed by atoms with Crippen LogP contribution in [0.2, 0.25) is 0 Å². The lowest BCUT2D eigenvalue weighted by Crippen LogP contribution is -2.19. The van der Waals surface area contributed by atoms with Crippen molar-refractivity contribution >= 4 is 0 Å². The van der Waals surface area contributed by atoms with Crippen molar-refractivity contribution in [2.45, 2.75) is 46.4 Å². The fraction of sp³-hybridized carbons (Fsp3) is 0.471. The summed E-state index contributed by atoms with van der Waals surface area (Å²) in [5, 5.41) is 3.49. The molecule has 1 atom stereocenters. The Hall–Kier alpha value is -1.81. The van der Waals surface area contributed by atoms with Crippen molar-refractivity contribution < 1.29 is 4.74 Å². The zero-order chi connectivity index (χ0) is 15.1. The normalized spacial score (nSPS) is 12.3. The molecule has 2 rings (SSSR count). The molecule has 114 valence electrons. The van der Waals surface area contributed by atoms with Crippen LogP contribution in [0.1, 0.15) is 44.6 Å². The van der Waals surface area contributed by atoms with Crippen LogP contribution in [0, 0.1) is 0 Å². The van der Waals surface area contributed by atoms with E-state index in [1.54, 1.807) is 0 Å². The first-order valence-corrected chi connectivity index (χ1v) is 7.70. The zero-order valence-electron chi connectivity index (χ0n) is 13.2. The lowest BCUT2D eigenvalue weighted by atomic mass is 10.1. The lowest BCUT2D eigenvalue weighted by Gasteiger charge is -2.15. The van der Waals surface area contributed by atoms with Crippen molar-refractivity contribution in [3.8, 4) is 5.75 Å². The molecular formula is C17H25N3O. The fourth-order valence-corrected chi connectivity index (χ4v) is 2.27. The smallest absolute Gasteiger partial charge is 0.146 e. The monoisotopic (exact) mass is 287 g/mol. The van der Waals surface area contributed by atoms with Gasteiger partial charge in [-0.2, -0.15) is 0 Å². The van der Waals surface area contributed by atoms with E-state index in [0.717, 1.165) is 31.1 Å².